The number of hydrogen-bond donors (Lipinski definition) is 1. The van der Waals surface area contributed by atoms with Gasteiger partial charge in [0.2, 0.25) is 0 Å². The van der Waals surface area contributed by atoms with Gasteiger partial charge in [0.1, 0.15) is 11.5 Å². The van der Waals surface area contributed by atoms with Crippen molar-refractivity contribution in [2.45, 2.75) is 82.7 Å². The van der Waals surface area contributed by atoms with Crippen molar-refractivity contribution >= 4 is 11.7 Å². The lowest BCUT2D eigenvalue weighted by Gasteiger charge is -2.40. The minimum atomic E-state index is -0.00725. The molecule has 3 fully saturated rings. The average Bonchev–Trinajstić information content (AvgIpc) is 3.04. The van der Waals surface area contributed by atoms with Crippen LogP contribution in [0.15, 0.2) is 18.2 Å². The minimum absolute atomic E-state index is 0.00725. The Morgan fingerprint density at radius 2 is 1.64 bits per heavy atom. The van der Waals surface area contributed by atoms with Crippen LogP contribution < -0.4 is 10.2 Å². The highest BCUT2D eigenvalue weighted by molar-refractivity contribution is 5.92. The SMILES string of the molecule is O=C(NC1CCCN(C2CCCCC2)C1)c1cccc(N2CCCCCC2)n1. The van der Waals surface area contributed by atoms with Gasteiger partial charge >= 0.3 is 0 Å². The van der Waals surface area contributed by atoms with Gasteiger partial charge in [0.15, 0.2) is 0 Å². The highest BCUT2D eigenvalue weighted by Gasteiger charge is 2.28. The number of hydrogen-bond acceptors (Lipinski definition) is 4. The Labute approximate surface area is 169 Å². The van der Waals surface area contributed by atoms with Crippen LogP contribution in [0.3, 0.4) is 0 Å². The van der Waals surface area contributed by atoms with Gasteiger partial charge in [0, 0.05) is 31.7 Å². The van der Waals surface area contributed by atoms with Crippen LogP contribution in [0.1, 0.15) is 81.1 Å². The molecule has 0 bridgehead atoms. The number of rotatable bonds is 4. The van der Waals surface area contributed by atoms with Crippen LogP contribution in [0, 0.1) is 0 Å². The lowest BCUT2D eigenvalue weighted by atomic mass is 9.92. The standard InChI is InChI=1S/C23H36N4O/c28-23(21-13-8-14-22(25-21)26-15-6-1-2-7-16-26)24-19-10-9-17-27(18-19)20-11-4-3-5-12-20/h8,13-14,19-20H,1-7,9-12,15-18H2,(H,24,28). The fourth-order valence-electron chi connectivity index (χ4n) is 5.19. The number of amides is 1. The normalized spacial score (nSPS) is 25.3. The zero-order chi connectivity index (χ0) is 19.2. The van der Waals surface area contributed by atoms with E-state index < -0.39 is 0 Å². The van der Waals surface area contributed by atoms with Gasteiger partial charge in [-0.3, -0.25) is 9.69 Å². The van der Waals surface area contributed by atoms with Gasteiger partial charge in [-0.25, -0.2) is 4.98 Å². The predicted octanol–water partition coefficient (Wildman–Crippen LogP) is 3.99. The molecule has 1 aromatic rings. The van der Waals surface area contributed by atoms with Gasteiger partial charge in [0.25, 0.3) is 5.91 Å². The van der Waals surface area contributed by atoms with Gasteiger partial charge in [-0.05, 0) is 57.2 Å². The quantitative estimate of drug-likeness (QED) is 0.853. The van der Waals surface area contributed by atoms with Gasteiger partial charge in [0.05, 0.1) is 0 Å². The van der Waals surface area contributed by atoms with E-state index in [4.69, 9.17) is 4.98 Å². The number of anilines is 1. The highest BCUT2D eigenvalue weighted by atomic mass is 16.2. The topological polar surface area (TPSA) is 48.5 Å². The van der Waals surface area contributed by atoms with E-state index in [-0.39, 0.29) is 11.9 Å². The first-order chi connectivity index (χ1) is 13.8. The summed E-state index contributed by atoms with van der Waals surface area (Å²) in [5.74, 6) is 0.953. The molecule has 4 rings (SSSR count). The third kappa shape index (κ3) is 5.05. The Morgan fingerprint density at radius 1 is 0.893 bits per heavy atom. The average molecular weight is 385 g/mol. The molecule has 1 N–H and O–H groups in total. The van der Waals surface area contributed by atoms with Crippen LogP contribution in [0.4, 0.5) is 5.82 Å². The maximum Gasteiger partial charge on any atom is 0.270 e. The number of piperidine rings is 1. The number of aromatic nitrogens is 1. The Hall–Kier alpha value is -1.62. The molecular formula is C23H36N4O. The van der Waals surface area contributed by atoms with Crippen LogP contribution in [-0.4, -0.2) is 54.1 Å². The van der Waals surface area contributed by atoms with E-state index in [9.17, 15) is 4.79 Å². The van der Waals surface area contributed by atoms with E-state index in [0.29, 0.717) is 5.69 Å². The number of nitrogens with zero attached hydrogens (tertiary/aromatic N) is 3. The van der Waals surface area contributed by atoms with Crippen LogP contribution in [0.5, 0.6) is 0 Å². The number of nitrogens with one attached hydrogen (secondary N) is 1. The molecule has 1 atom stereocenters. The van der Waals surface area contributed by atoms with Crippen molar-refractivity contribution < 1.29 is 4.79 Å². The molecule has 1 unspecified atom stereocenters. The molecule has 2 aliphatic heterocycles. The van der Waals surface area contributed by atoms with Crippen LogP contribution >= 0.6 is 0 Å². The molecule has 5 heteroatoms. The second kappa shape index (κ2) is 9.73. The van der Waals surface area contributed by atoms with E-state index in [1.165, 1.54) is 70.8 Å². The monoisotopic (exact) mass is 384 g/mol. The van der Waals surface area contributed by atoms with E-state index in [0.717, 1.165) is 37.9 Å². The summed E-state index contributed by atoms with van der Waals surface area (Å²) in [6.45, 7) is 4.30. The maximum absolute atomic E-state index is 12.9. The first kappa shape index (κ1) is 19.7. The fourth-order valence-corrected chi connectivity index (χ4v) is 5.19. The van der Waals surface area contributed by atoms with Crippen molar-refractivity contribution in [2.75, 3.05) is 31.1 Å². The molecule has 1 aromatic heterocycles. The summed E-state index contributed by atoms with van der Waals surface area (Å²) in [5.41, 5.74) is 0.566. The van der Waals surface area contributed by atoms with Gasteiger partial charge < -0.3 is 10.2 Å². The van der Waals surface area contributed by atoms with Gasteiger partial charge in [-0.15, -0.1) is 0 Å². The molecule has 3 aliphatic rings. The van der Waals surface area contributed by atoms with Crippen LogP contribution in [0.2, 0.25) is 0 Å². The molecule has 0 radical (unpaired) electrons. The molecule has 1 aliphatic carbocycles. The summed E-state index contributed by atoms with van der Waals surface area (Å²) in [5, 5.41) is 3.29. The minimum Gasteiger partial charge on any atom is -0.357 e. The molecule has 5 nitrogen and oxygen atoms in total. The van der Waals surface area contributed by atoms with Gasteiger partial charge in [-0.1, -0.05) is 38.2 Å². The van der Waals surface area contributed by atoms with Crippen molar-refractivity contribution in [3.8, 4) is 0 Å². The van der Waals surface area contributed by atoms with E-state index in [1.54, 1.807) is 0 Å². The van der Waals surface area contributed by atoms with Crippen molar-refractivity contribution in [3.63, 3.8) is 0 Å². The molecule has 0 spiro atoms. The highest BCUT2D eigenvalue weighted by Crippen LogP contribution is 2.25. The van der Waals surface area contributed by atoms with Crippen molar-refractivity contribution in [3.05, 3.63) is 23.9 Å². The summed E-state index contributed by atoms with van der Waals surface area (Å²) in [4.78, 5) is 22.6. The first-order valence-electron chi connectivity index (χ1n) is 11.6. The summed E-state index contributed by atoms with van der Waals surface area (Å²) < 4.78 is 0. The molecule has 154 valence electrons. The Morgan fingerprint density at radius 3 is 2.43 bits per heavy atom. The Kier molecular flexibility index (Phi) is 6.84. The summed E-state index contributed by atoms with van der Waals surface area (Å²) >= 11 is 0. The van der Waals surface area contributed by atoms with E-state index in [1.807, 2.05) is 18.2 Å². The lowest BCUT2D eigenvalue weighted by Crippen LogP contribution is -2.51. The summed E-state index contributed by atoms with van der Waals surface area (Å²) in [6.07, 6.45) is 14.1. The summed E-state index contributed by atoms with van der Waals surface area (Å²) in [7, 11) is 0. The number of pyridine rings is 1. The molecule has 0 aromatic carbocycles. The van der Waals surface area contributed by atoms with Crippen LogP contribution in [0.25, 0.3) is 0 Å². The van der Waals surface area contributed by atoms with Crippen molar-refractivity contribution in [1.82, 2.24) is 15.2 Å². The zero-order valence-electron chi connectivity index (χ0n) is 17.2. The fraction of sp³-hybridized carbons (Fsp3) is 0.739. The molecule has 1 amide bonds. The number of carbonyl (C=O) groups is 1. The lowest BCUT2D eigenvalue weighted by molar-refractivity contribution is 0.0831. The first-order valence-corrected chi connectivity index (χ1v) is 11.6. The smallest absolute Gasteiger partial charge is 0.270 e. The van der Waals surface area contributed by atoms with E-state index in [2.05, 4.69) is 15.1 Å². The molecule has 1 saturated carbocycles. The van der Waals surface area contributed by atoms with Crippen LogP contribution in [-0.2, 0) is 0 Å². The van der Waals surface area contributed by atoms with Crippen molar-refractivity contribution in [1.29, 1.82) is 0 Å². The second-order valence-corrected chi connectivity index (χ2v) is 8.88. The van der Waals surface area contributed by atoms with Crippen molar-refractivity contribution in [2.24, 2.45) is 0 Å². The Bertz CT molecular complexity index is 635. The molecular weight excluding hydrogens is 348 g/mol. The van der Waals surface area contributed by atoms with E-state index >= 15 is 0 Å². The second-order valence-electron chi connectivity index (χ2n) is 8.88. The Balaban J connectivity index is 1.35. The number of carbonyl (C=O) groups excluding carboxylic acids is 1. The molecule has 2 saturated heterocycles. The predicted molar refractivity (Wildman–Crippen MR) is 114 cm³/mol. The number of likely N-dealkylation sites (tertiary alicyclic amines) is 1. The largest absolute Gasteiger partial charge is 0.357 e. The summed E-state index contributed by atoms with van der Waals surface area (Å²) in [6, 6.07) is 6.88. The van der Waals surface area contributed by atoms with Gasteiger partial charge in [-0.2, -0.15) is 0 Å². The third-order valence-electron chi connectivity index (χ3n) is 6.78. The third-order valence-corrected chi connectivity index (χ3v) is 6.78. The molecule has 28 heavy (non-hydrogen) atoms. The zero-order valence-corrected chi connectivity index (χ0v) is 17.2. The maximum atomic E-state index is 12.9. The molecule has 3 heterocycles.